The van der Waals surface area contributed by atoms with Crippen molar-refractivity contribution in [3.05, 3.63) is 59.7 Å². The van der Waals surface area contributed by atoms with Crippen molar-refractivity contribution in [2.24, 2.45) is 0 Å². The van der Waals surface area contributed by atoms with E-state index in [1.807, 2.05) is 43.3 Å². The lowest BCUT2D eigenvalue weighted by atomic mass is 10.1. The lowest BCUT2D eigenvalue weighted by molar-refractivity contribution is 0.362. The van der Waals surface area contributed by atoms with Crippen molar-refractivity contribution in [3.8, 4) is 11.4 Å². The number of nitrogens with zero attached hydrogens (tertiary/aromatic N) is 7. The molecule has 0 radical (unpaired) electrons. The predicted octanol–water partition coefficient (Wildman–Crippen LogP) is 4.14. The Labute approximate surface area is 204 Å². The van der Waals surface area contributed by atoms with Gasteiger partial charge in [-0.1, -0.05) is 11.2 Å². The summed E-state index contributed by atoms with van der Waals surface area (Å²) in [6, 6.07) is 11.8. The summed E-state index contributed by atoms with van der Waals surface area (Å²) in [4.78, 5) is 18.6. The second-order valence-corrected chi connectivity index (χ2v) is 9.19. The van der Waals surface area contributed by atoms with Gasteiger partial charge < -0.3 is 19.6 Å². The van der Waals surface area contributed by atoms with Crippen molar-refractivity contribution >= 4 is 17.6 Å². The third-order valence-corrected chi connectivity index (χ3v) is 6.06. The Balaban J connectivity index is 1.42. The average Bonchev–Trinajstić information content (AvgIpc) is 3.60. The molecule has 1 saturated heterocycles. The fraction of sp³-hybridized carbons (Fsp3) is 0.400. The zero-order valence-corrected chi connectivity index (χ0v) is 20.4. The Morgan fingerprint density at radius 3 is 2.83 bits per heavy atom. The van der Waals surface area contributed by atoms with Gasteiger partial charge in [0.1, 0.15) is 11.5 Å². The van der Waals surface area contributed by atoms with E-state index in [0.29, 0.717) is 5.95 Å². The van der Waals surface area contributed by atoms with Crippen molar-refractivity contribution < 1.29 is 4.52 Å². The summed E-state index contributed by atoms with van der Waals surface area (Å²) in [5.41, 5.74) is 3.53. The van der Waals surface area contributed by atoms with Crippen LogP contribution in [0.25, 0.3) is 11.4 Å². The van der Waals surface area contributed by atoms with E-state index in [4.69, 9.17) is 14.5 Å². The number of H-pyrrole nitrogens is 1. The van der Waals surface area contributed by atoms with Gasteiger partial charge >= 0.3 is 0 Å². The molecule has 1 aliphatic heterocycles. The highest BCUT2D eigenvalue weighted by Crippen LogP contribution is 2.36. The van der Waals surface area contributed by atoms with Crippen LogP contribution in [-0.2, 0) is 6.42 Å². The van der Waals surface area contributed by atoms with Crippen molar-refractivity contribution in [2.75, 3.05) is 37.4 Å². The van der Waals surface area contributed by atoms with Crippen molar-refractivity contribution in [2.45, 2.75) is 38.6 Å². The molecule has 0 bridgehead atoms. The molecule has 4 aromatic rings. The fourth-order valence-electron chi connectivity index (χ4n) is 4.38. The number of nitrogens with one attached hydrogen (secondary N) is 2. The highest BCUT2D eigenvalue weighted by Gasteiger charge is 2.32. The van der Waals surface area contributed by atoms with Crippen LogP contribution in [0.4, 0.5) is 17.6 Å². The molecule has 1 atom stereocenters. The van der Waals surface area contributed by atoms with Gasteiger partial charge in [0.25, 0.3) is 0 Å². The first kappa shape index (κ1) is 23.0. The molecule has 0 spiro atoms. The van der Waals surface area contributed by atoms with Crippen LogP contribution in [0.15, 0.2) is 47.1 Å². The molecule has 4 aromatic heterocycles. The van der Waals surface area contributed by atoms with E-state index in [0.717, 1.165) is 78.9 Å². The minimum Gasteiger partial charge on any atom is -0.358 e. The SMILES string of the molecule is Cc1cc(Nc2cc(CCCN(C)C)nc(N3CCCC3c3cc(-c4ccccn4)no3)n2)n[nH]1. The van der Waals surface area contributed by atoms with Crippen LogP contribution in [0.3, 0.4) is 0 Å². The van der Waals surface area contributed by atoms with Gasteiger partial charge in [-0.3, -0.25) is 10.1 Å². The summed E-state index contributed by atoms with van der Waals surface area (Å²) >= 11 is 0. The Morgan fingerprint density at radius 1 is 1.14 bits per heavy atom. The normalized spacial score (nSPS) is 15.8. The standard InChI is InChI=1S/C25H31N9O/c1-17-14-24(31-30-17)28-23-15-18(8-6-12-33(2)3)27-25(29-23)34-13-7-10-21(34)22-16-20(32-35-22)19-9-4-5-11-26-19/h4-5,9,11,14-16,21H,6-8,10,12-13H2,1-3H3,(H2,27,28,29,30,31). The minimum atomic E-state index is 0.0254. The van der Waals surface area contributed by atoms with Crippen LogP contribution in [0.1, 0.15) is 42.5 Å². The number of hydrogen-bond donors (Lipinski definition) is 2. The van der Waals surface area contributed by atoms with Gasteiger partial charge in [0.15, 0.2) is 11.6 Å². The zero-order valence-electron chi connectivity index (χ0n) is 20.4. The van der Waals surface area contributed by atoms with Crippen LogP contribution < -0.4 is 10.2 Å². The van der Waals surface area contributed by atoms with E-state index >= 15 is 0 Å². The topological polar surface area (TPSA) is 112 Å². The molecule has 2 N–H and O–H groups in total. The van der Waals surface area contributed by atoms with E-state index in [1.54, 1.807) is 6.20 Å². The lowest BCUT2D eigenvalue weighted by Crippen LogP contribution is -2.25. The molecule has 10 heteroatoms. The number of aromatic amines is 1. The quantitative estimate of drug-likeness (QED) is 0.370. The number of aryl methyl sites for hydroxylation is 2. The van der Waals surface area contributed by atoms with E-state index in [2.05, 4.69) is 49.5 Å². The van der Waals surface area contributed by atoms with Crippen LogP contribution >= 0.6 is 0 Å². The van der Waals surface area contributed by atoms with E-state index in [9.17, 15) is 0 Å². The van der Waals surface area contributed by atoms with Gasteiger partial charge in [0, 0.05) is 42.3 Å². The highest BCUT2D eigenvalue weighted by molar-refractivity contribution is 5.56. The molecule has 1 fully saturated rings. The molecule has 0 aromatic carbocycles. The van der Waals surface area contributed by atoms with Crippen LogP contribution in [0, 0.1) is 6.92 Å². The Hall–Kier alpha value is -3.79. The van der Waals surface area contributed by atoms with Gasteiger partial charge in [0.05, 0.1) is 11.7 Å². The number of anilines is 3. The Bertz CT molecular complexity index is 1250. The summed E-state index contributed by atoms with van der Waals surface area (Å²) in [5.74, 6) is 2.97. The van der Waals surface area contributed by atoms with Gasteiger partial charge in [0.2, 0.25) is 5.95 Å². The average molecular weight is 474 g/mol. The maximum Gasteiger partial charge on any atom is 0.228 e. The monoisotopic (exact) mass is 473 g/mol. The predicted molar refractivity (Wildman–Crippen MR) is 135 cm³/mol. The maximum absolute atomic E-state index is 5.78. The van der Waals surface area contributed by atoms with Gasteiger partial charge in [-0.05, 0) is 65.4 Å². The highest BCUT2D eigenvalue weighted by atomic mass is 16.5. The molecule has 1 unspecified atom stereocenters. The second kappa shape index (κ2) is 10.2. The van der Waals surface area contributed by atoms with Gasteiger partial charge in [-0.25, -0.2) is 4.98 Å². The van der Waals surface area contributed by atoms with Crippen molar-refractivity contribution in [1.29, 1.82) is 0 Å². The van der Waals surface area contributed by atoms with Crippen LogP contribution in [0.2, 0.25) is 0 Å². The molecule has 0 amide bonds. The van der Waals surface area contributed by atoms with Gasteiger partial charge in [-0.15, -0.1) is 0 Å². The third-order valence-electron chi connectivity index (χ3n) is 6.06. The summed E-state index contributed by atoms with van der Waals surface area (Å²) < 4.78 is 5.78. The number of hydrogen-bond acceptors (Lipinski definition) is 9. The molecular weight excluding hydrogens is 442 g/mol. The molecule has 0 aliphatic carbocycles. The Morgan fingerprint density at radius 2 is 2.06 bits per heavy atom. The summed E-state index contributed by atoms with van der Waals surface area (Å²) in [7, 11) is 4.17. The smallest absolute Gasteiger partial charge is 0.228 e. The van der Waals surface area contributed by atoms with E-state index in [1.165, 1.54) is 0 Å². The summed E-state index contributed by atoms with van der Waals surface area (Å²) in [6.07, 6.45) is 5.62. The minimum absolute atomic E-state index is 0.0254. The molecular formula is C25H31N9O. The fourth-order valence-corrected chi connectivity index (χ4v) is 4.38. The first-order valence-corrected chi connectivity index (χ1v) is 12.0. The number of rotatable bonds is 9. The lowest BCUT2D eigenvalue weighted by Gasteiger charge is -2.23. The zero-order chi connectivity index (χ0) is 24.2. The number of aromatic nitrogens is 6. The maximum atomic E-state index is 5.78. The van der Waals surface area contributed by atoms with Crippen LogP contribution in [0.5, 0.6) is 0 Å². The summed E-state index contributed by atoms with van der Waals surface area (Å²) in [6.45, 7) is 3.83. The molecule has 5 heterocycles. The number of pyridine rings is 1. The largest absolute Gasteiger partial charge is 0.358 e. The molecule has 5 rings (SSSR count). The second-order valence-electron chi connectivity index (χ2n) is 9.19. The molecule has 35 heavy (non-hydrogen) atoms. The first-order chi connectivity index (χ1) is 17.0. The van der Waals surface area contributed by atoms with Crippen molar-refractivity contribution in [1.82, 2.24) is 35.2 Å². The van der Waals surface area contributed by atoms with E-state index in [-0.39, 0.29) is 6.04 Å². The third kappa shape index (κ3) is 5.48. The molecule has 10 nitrogen and oxygen atoms in total. The van der Waals surface area contributed by atoms with E-state index < -0.39 is 0 Å². The van der Waals surface area contributed by atoms with Crippen LogP contribution in [-0.4, -0.2) is 62.4 Å². The first-order valence-electron chi connectivity index (χ1n) is 12.0. The van der Waals surface area contributed by atoms with Gasteiger partial charge in [-0.2, -0.15) is 10.1 Å². The molecule has 1 aliphatic rings. The van der Waals surface area contributed by atoms with Crippen molar-refractivity contribution in [3.63, 3.8) is 0 Å². The summed E-state index contributed by atoms with van der Waals surface area (Å²) in [5, 5.41) is 14.9. The molecule has 182 valence electrons. The molecule has 0 saturated carbocycles. The Kier molecular flexibility index (Phi) is 6.71.